The molecule has 1 aliphatic carbocycles. The molecule has 0 spiro atoms. The van der Waals surface area contributed by atoms with Crippen molar-refractivity contribution in [2.45, 2.75) is 57.9 Å². The Morgan fingerprint density at radius 3 is 2.87 bits per heavy atom. The average molecular weight is 417 g/mol. The molecule has 31 heavy (non-hydrogen) atoms. The number of esters is 1. The lowest BCUT2D eigenvalue weighted by atomic mass is 9.82. The van der Waals surface area contributed by atoms with Gasteiger partial charge in [0.15, 0.2) is 5.60 Å². The first-order chi connectivity index (χ1) is 14.8. The van der Waals surface area contributed by atoms with Crippen molar-refractivity contribution in [1.82, 2.24) is 9.55 Å². The maximum Gasteiger partial charge on any atom is 0.343 e. The van der Waals surface area contributed by atoms with Gasteiger partial charge in [-0.25, -0.2) is 9.78 Å². The number of fused-ring (bicyclic) bond motifs is 5. The van der Waals surface area contributed by atoms with Crippen molar-refractivity contribution in [1.29, 1.82) is 0 Å². The lowest BCUT2D eigenvalue weighted by Gasteiger charge is -2.31. The molecule has 3 aromatic rings. The molecule has 3 N–H and O–H groups in total. The third kappa shape index (κ3) is 2.22. The van der Waals surface area contributed by atoms with Crippen molar-refractivity contribution < 1.29 is 14.6 Å². The topological polar surface area (TPSA) is 107 Å². The molecular weight excluding hydrogens is 394 g/mol. The van der Waals surface area contributed by atoms with Gasteiger partial charge in [0.2, 0.25) is 0 Å². The predicted molar refractivity (Wildman–Crippen MR) is 115 cm³/mol. The van der Waals surface area contributed by atoms with E-state index in [-0.39, 0.29) is 24.6 Å². The Hall–Kier alpha value is -3.03. The molecule has 0 saturated carbocycles. The van der Waals surface area contributed by atoms with Crippen molar-refractivity contribution in [3.05, 3.63) is 61.9 Å². The average Bonchev–Trinajstić information content (AvgIpc) is 3.13. The summed E-state index contributed by atoms with van der Waals surface area (Å²) >= 11 is 0. The Bertz CT molecular complexity index is 1390. The van der Waals surface area contributed by atoms with E-state index in [9.17, 15) is 14.7 Å². The molecular formula is C24H23N3O4. The van der Waals surface area contributed by atoms with E-state index < -0.39 is 11.6 Å². The molecule has 7 heteroatoms. The quantitative estimate of drug-likeness (QED) is 0.460. The van der Waals surface area contributed by atoms with Crippen molar-refractivity contribution in [2.75, 3.05) is 0 Å². The number of pyridine rings is 2. The summed E-state index contributed by atoms with van der Waals surface area (Å²) in [5.74, 6) is -0.714. The summed E-state index contributed by atoms with van der Waals surface area (Å²) in [4.78, 5) is 30.7. The Morgan fingerprint density at radius 1 is 1.29 bits per heavy atom. The van der Waals surface area contributed by atoms with Gasteiger partial charge >= 0.3 is 5.97 Å². The van der Waals surface area contributed by atoms with Gasteiger partial charge in [-0.05, 0) is 55.0 Å². The maximum atomic E-state index is 13.4. The van der Waals surface area contributed by atoms with Crippen LogP contribution in [-0.2, 0) is 34.7 Å². The molecule has 2 aromatic heterocycles. The molecule has 1 aromatic carbocycles. The summed E-state index contributed by atoms with van der Waals surface area (Å²) in [6, 6.07) is 5.72. The molecule has 6 rings (SSSR count). The molecule has 0 amide bonds. The summed E-state index contributed by atoms with van der Waals surface area (Å²) < 4.78 is 6.83. The number of hydrogen-bond donors (Lipinski definition) is 2. The van der Waals surface area contributed by atoms with Crippen LogP contribution in [0.25, 0.3) is 22.3 Å². The molecule has 0 radical (unpaired) electrons. The van der Waals surface area contributed by atoms with Gasteiger partial charge in [-0.2, -0.15) is 0 Å². The van der Waals surface area contributed by atoms with E-state index in [4.69, 9.17) is 15.5 Å². The number of cyclic esters (lactones) is 1. The highest BCUT2D eigenvalue weighted by molar-refractivity contribution is 5.93. The molecule has 2 aliphatic heterocycles. The van der Waals surface area contributed by atoms with E-state index in [0.717, 1.165) is 34.9 Å². The van der Waals surface area contributed by atoms with E-state index in [0.29, 0.717) is 29.1 Å². The summed E-state index contributed by atoms with van der Waals surface area (Å²) in [6.45, 7) is 4.07. The van der Waals surface area contributed by atoms with E-state index >= 15 is 0 Å². The van der Waals surface area contributed by atoms with Crippen LogP contribution in [0.4, 0.5) is 0 Å². The number of aliphatic hydroxyl groups is 1. The zero-order valence-electron chi connectivity index (χ0n) is 17.5. The molecule has 0 unspecified atom stereocenters. The van der Waals surface area contributed by atoms with Gasteiger partial charge < -0.3 is 20.1 Å². The SMILES string of the molecule is CC[C@@]1(O)C(=O)OCc2c1cc1n(c2=O)Cc2c-1nc1ccc(C)c3c1c2[C@H](N)CC3. The van der Waals surface area contributed by atoms with E-state index in [1.807, 2.05) is 6.07 Å². The Kier molecular flexibility index (Phi) is 3.63. The minimum Gasteiger partial charge on any atom is -0.458 e. The molecule has 158 valence electrons. The second kappa shape index (κ2) is 6.02. The number of ether oxygens (including phenoxy) is 1. The van der Waals surface area contributed by atoms with Gasteiger partial charge in [-0.15, -0.1) is 0 Å². The maximum absolute atomic E-state index is 13.4. The number of rotatable bonds is 1. The molecule has 0 fully saturated rings. The number of hydrogen-bond acceptors (Lipinski definition) is 6. The monoisotopic (exact) mass is 417 g/mol. The van der Waals surface area contributed by atoms with Crippen LogP contribution in [-0.4, -0.2) is 20.6 Å². The van der Waals surface area contributed by atoms with Crippen LogP contribution >= 0.6 is 0 Å². The van der Waals surface area contributed by atoms with Crippen molar-refractivity contribution >= 4 is 16.9 Å². The van der Waals surface area contributed by atoms with Gasteiger partial charge in [0, 0.05) is 22.6 Å². The second-order valence-electron chi connectivity index (χ2n) is 8.86. The first-order valence-corrected chi connectivity index (χ1v) is 10.7. The fraction of sp³-hybridized carbons (Fsp3) is 0.375. The minimum absolute atomic E-state index is 0.120. The Balaban J connectivity index is 1.69. The molecule has 3 aliphatic rings. The van der Waals surface area contributed by atoms with Gasteiger partial charge in [-0.1, -0.05) is 13.0 Å². The van der Waals surface area contributed by atoms with Gasteiger partial charge in [-0.3, -0.25) is 4.79 Å². The van der Waals surface area contributed by atoms with Crippen LogP contribution in [0.5, 0.6) is 0 Å². The zero-order valence-corrected chi connectivity index (χ0v) is 17.5. The number of benzene rings is 1. The highest BCUT2D eigenvalue weighted by atomic mass is 16.6. The van der Waals surface area contributed by atoms with Crippen LogP contribution in [0.2, 0.25) is 0 Å². The highest BCUT2D eigenvalue weighted by Gasteiger charge is 2.45. The molecule has 4 heterocycles. The summed E-state index contributed by atoms with van der Waals surface area (Å²) in [5.41, 5.74) is 11.9. The van der Waals surface area contributed by atoms with Crippen molar-refractivity contribution in [2.24, 2.45) is 5.73 Å². The zero-order chi connectivity index (χ0) is 21.7. The minimum atomic E-state index is -1.82. The lowest BCUT2D eigenvalue weighted by molar-refractivity contribution is -0.172. The van der Waals surface area contributed by atoms with Gasteiger partial charge in [0.05, 0.1) is 29.0 Å². The molecule has 0 saturated heterocycles. The third-order valence-electron chi connectivity index (χ3n) is 7.32. The van der Waals surface area contributed by atoms with Crippen LogP contribution < -0.4 is 11.3 Å². The first kappa shape index (κ1) is 18.7. The Morgan fingerprint density at radius 2 is 2.10 bits per heavy atom. The van der Waals surface area contributed by atoms with Crippen molar-refractivity contribution in [3.63, 3.8) is 0 Å². The largest absolute Gasteiger partial charge is 0.458 e. The summed E-state index contributed by atoms with van der Waals surface area (Å²) in [5, 5.41) is 12.1. The Labute approximate surface area is 178 Å². The number of carbonyl (C=O) groups excluding carboxylic acids is 1. The summed E-state index contributed by atoms with van der Waals surface area (Å²) in [6.07, 6.45) is 1.89. The number of carbonyl (C=O) groups is 1. The van der Waals surface area contributed by atoms with Gasteiger partial charge in [0.25, 0.3) is 5.56 Å². The van der Waals surface area contributed by atoms with E-state index in [2.05, 4.69) is 13.0 Å². The number of nitrogens with two attached hydrogens (primary N) is 1. The molecule has 2 atom stereocenters. The number of aryl methyl sites for hydroxylation is 2. The summed E-state index contributed by atoms with van der Waals surface area (Å²) in [7, 11) is 0. The number of nitrogens with zero attached hydrogens (tertiary/aromatic N) is 2. The first-order valence-electron chi connectivity index (χ1n) is 10.7. The fourth-order valence-corrected chi connectivity index (χ4v) is 5.56. The molecule has 0 bridgehead atoms. The van der Waals surface area contributed by atoms with Crippen LogP contribution in [0, 0.1) is 6.92 Å². The molecule has 7 nitrogen and oxygen atoms in total. The standard InChI is InChI=1S/C24H23N3O4/c1-3-24(30)15-8-18-21-13(9-27(18)22(28)14(15)10-31-23(24)29)19-16(25)6-5-12-11(2)4-7-17(26-21)20(12)19/h4,7-8,16,30H,3,5-6,9-10,25H2,1-2H3/t16-,24+/m1/s1. The van der Waals surface area contributed by atoms with Gasteiger partial charge in [0.1, 0.15) is 6.61 Å². The lowest BCUT2D eigenvalue weighted by Crippen LogP contribution is -2.44. The number of aromatic nitrogens is 2. The van der Waals surface area contributed by atoms with E-state index in [1.165, 1.54) is 11.1 Å². The third-order valence-corrected chi connectivity index (χ3v) is 7.32. The van der Waals surface area contributed by atoms with Crippen LogP contribution in [0.1, 0.15) is 59.2 Å². The smallest absolute Gasteiger partial charge is 0.343 e. The van der Waals surface area contributed by atoms with Crippen molar-refractivity contribution in [3.8, 4) is 11.4 Å². The highest BCUT2D eigenvalue weighted by Crippen LogP contribution is 2.44. The van der Waals surface area contributed by atoms with Crippen LogP contribution in [0.15, 0.2) is 23.0 Å². The van der Waals surface area contributed by atoms with E-state index in [1.54, 1.807) is 17.6 Å². The fourth-order valence-electron chi connectivity index (χ4n) is 5.56. The predicted octanol–water partition coefficient (Wildman–Crippen LogP) is 2.33. The van der Waals surface area contributed by atoms with Crippen LogP contribution in [0.3, 0.4) is 0 Å². The second-order valence-corrected chi connectivity index (χ2v) is 8.86. The normalized spacial score (nSPS) is 23.4.